The van der Waals surface area contributed by atoms with Crippen molar-refractivity contribution < 1.29 is 9.31 Å². The van der Waals surface area contributed by atoms with E-state index in [1.807, 2.05) is 46.2 Å². The molecule has 0 aliphatic carbocycles. The minimum absolute atomic E-state index is 0.243. The second-order valence-corrected chi connectivity index (χ2v) is 7.22. The van der Waals surface area contributed by atoms with Gasteiger partial charge < -0.3 is 9.31 Å². The van der Waals surface area contributed by atoms with E-state index in [2.05, 4.69) is 39.3 Å². The largest absolute Gasteiger partial charge is 0.636 e. The summed E-state index contributed by atoms with van der Waals surface area (Å²) in [6.07, 6.45) is 0. The normalized spacial score (nSPS) is 11.3. The molecule has 0 aromatic carbocycles. The highest BCUT2D eigenvalue weighted by atomic mass is 16.6. The van der Waals surface area contributed by atoms with Gasteiger partial charge in [-0.15, -0.1) is 0 Å². The van der Waals surface area contributed by atoms with Crippen LogP contribution >= 0.6 is 0 Å². The smallest absolute Gasteiger partial charge is 0.519 e. The van der Waals surface area contributed by atoms with Crippen molar-refractivity contribution in [1.82, 2.24) is 30.2 Å². The van der Waals surface area contributed by atoms with Crippen molar-refractivity contribution >= 4 is 12.6 Å². The van der Waals surface area contributed by atoms with Crippen molar-refractivity contribution in [3.63, 3.8) is 0 Å². The molecule has 0 spiro atoms. The van der Waals surface area contributed by atoms with Crippen LogP contribution in [-0.4, -0.2) is 37.3 Å². The van der Waals surface area contributed by atoms with Crippen LogP contribution in [0.5, 0.6) is 11.5 Å². The Bertz CT molecular complexity index is 868. The molecule has 27 heavy (non-hydrogen) atoms. The van der Waals surface area contributed by atoms with Crippen LogP contribution in [0.2, 0.25) is 0 Å². The van der Waals surface area contributed by atoms with Crippen LogP contribution in [0.25, 0.3) is 0 Å². The van der Waals surface area contributed by atoms with E-state index >= 15 is 0 Å². The fourth-order valence-corrected chi connectivity index (χ4v) is 3.30. The van der Waals surface area contributed by atoms with E-state index in [9.17, 15) is 0 Å². The molecular formula is C18H27BN6O2. The van der Waals surface area contributed by atoms with Gasteiger partial charge in [0.05, 0.1) is 33.9 Å². The Morgan fingerprint density at radius 3 is 1.63 bits per heavy atom. The Morgan fingerprint density at radius 1 is 0.815 bits per heavy atom. The predicted octanol–water partition coefficient (Wildman–Crippen LogP) is 2.61. The highest BCUT2D eigenvalue weighted by Gasteiger charge is 2.36. The monoisotopic (exact) mass is 370 g/mol. The first-order valence-electron chi connectivity index (χ1n) is 9.12. The van der Waals surface area contributed by atoms with E-state index in [-0.39, 0.29) is 6.04 Å². The summed E-state index contributed by atoms with van der Waals surface area (Å²) in [7, 11) is -0.664. The van der Waals surface area contributed by atoms with E-state index < -0.39 is 7.12 Å². The third-order valence-electron chi connectivity index (χ3n) is 4.68. The van der Waals surface area contributed by atoms with Crippen LogP contribution in [0.3, 0.4) is 0 Å². The number of nitrogens with one attached hydrogen (secondary N) is 2. The zero-order valence-corrected chi connectivity index (χ0v) is 17.3. The van der Waals surface area contributed by atoms with Crippen molar-refractivity contribution in [1.29, 1.82) is 0 Å². The Morgan fingerprint density at radius 2 is 1.30 bits per heavy atom. The number of nitrogens with zero attached hydrogens (tertiary/aromatic N) is 4. The summed E-state index contributed by atoms with van der Waals surface area (Å²) in [5.74, 6) is 1.38. The SMILES string of the molecule is Cc1n[nH]c(C)c1OB(Oc1c(C)n[nH]c1C)c1c(C)nn(C(C)C)c1C. The van der Waals surface area contributed by atoms with Gasteiger partial charge in [0.15, 0.2) is 0 Å². The maximum absolute atomic E-state index is 6.33. The molecule has 3 rings (SSSR count). The Hall–Kier alpha value is -2.71. The van der Waals surface area contributed by atoms with E-state index in [4.69, 9.17) is 9.31 Å². The van der Waals surface area contributed by atoms with Crippen molar-refractivity contribution in [2.24, 2.45) is 0 Å². The molecule has 2 N–H and O–H groups in total. The standard InChI is InChI=1S/C18H27BN6O2/c1-9(2)25-15(8)16(10(3)24-25)19(26-17-11(4)20-21-12(17)5)27-18-13(6)22-23-14(18)7/h9H,1-8H3,(H,20,21)(H,22,23). The first-order chi connectivity index (χ1) is 12.7. The van der Waals surface area contributed by atoms with Crippen molar-refractivity contribution in [3.8, 4) is 11.5 Å². The number of H-pyrrole nitrogens is 2. The number of rotatable bonds is 6. The molecule has 0 unspecified atom stereocenters. The van der Waals surface area contributed by atoms with Gasteiger partial charge in [-0.25, -0.2) is 0 Å². The lowest BCUT2D eigenvalue weighted by atomic mass is 9.76. The van der Waals surface area contributed by atoms with Gasteiger partial charge in [0, 0.05) is 11.7 Å². The van der Waals surface area contributed by atoms with Crippen LogP contribution in [0.1, 0.15) is 54.1 Å². The zero-order valence-electron chi connectivity index (χ0n) is 17.3. The molecule has 144 valence electrons. The maximum Gasteiger partial charge on any atom is 0.636 e. The average molecular weight is 370 g/mol. The van der Waals surface area contributed by atoms with Crippen LogP contribution in [0.15, 0.2) is 0 Å². The second-order valence-electron chi connectivity index (χ2n) is 7.22. The molecule has 0 atom stereocenters. The summed E-state index contributed by atoms with van der Waals surface area (Å²) >= 11 is 0. The molecule has 3 aromatic rings. The van der Waals surface area contributed by atoms with Crippen molar-refractivity contribution in [2.45, 2.75) is 61.4 Å². The summed E-state index contributed by atoms with van der Waals surface area (Å²) in [6.45, 7) is 15.9. The lowest BCUT2D eigenvalue weighted by Gasteiger charge is -2.18. The molecule has 8 nitrogen and oxygen atoms in total. The van der Waals surface area contributed by atoms with Crippen molar-refractivity contribution in [2.75, 3.05) is 0 Å². The van der Waals surface area contributed by atoms with Gasteiger partial charge in [-0.3, -0.25) is 14.9 Å². The third-order valence-corrected chi connectivity index (χ3v) is 4.68. The third kappa shape index (κ3) is 3.45. The molecule has 0 aliphatic heterocycles. The first-order valence-corrected chi connectivity index (χ1v) is 9.12. The Labute approximate surface area is 159 Å². The second kappa shape index (κ2) is 7.13. The van der Waals surface area contributed by atoms with Gasteiger partial charge in [0.1, 0.15) is 11.5 Å². The lowest BCUT2D eigenvalue weighted by molar-refractivity contribution is 0.431. The molecule has 0 saturated carbocycles. The van der Waals surface area contributed by atoms with Gasteiger partial charge >= 0.3 is 7.12 Å². The van der Waals surface area contributed by atoms with E-state index in [0.717, 1.165) is 39.6 Å². The molecule has 0 amide bonds. The number of aromatic nitrogens is 6. The molecule has 3 aromatic heterocycles. The minimum atomic E-state index is -0.664. The fourth-order valence-electron chi connectivity index (χ4n) is 3.30. The van der Waals surface area contributed by atoms with Crippen LogP contribution in [-0.2, 0) is 0 Å². The first kappa shape index (κ1) is 19.1. The van der Waals surface area contributed by atoms with Gasteiger partial charge in [0.25, 0.3) is 0 Å². The summed E-state index contributed by atoms with van der Waals surface area (Å²) in [4.78, 5) is 0. The Balaban J connectivity index is 2.08. The maximum atomic E-state index is 6.33. The topological polar surface area (TPSA) is 93.6 Å². The van der Waals surface area contributed by atoms with E-state index in [1.165, 1.54) is 0 Å². The van der Waals surface area contributed by atoms with Gasteiger partial charge in [-0.1, -0.05) is 0 Å². The van der Waals surface area contributed by atoms with Crippen LogP contribution < -0.4 is 14.8 Å². The molecule has 0 bridgehead atoms. The fraction of sp³-hybridized carbons (Fsp3) is 0.500. The van der Waals surface area contributed by atoms with Crippen molar-refractivity contribution in [3.05, 3.63) is 34.2 Å². The summed E-state index contributed by atoms with van der Waals surface area (Å²) in [5.41, 5.74) is 6.10. The molecular weight excluding hydrogens is 343 g/mol. The Kier molecular flexibility index (Phi) is 5.04. The molecule has 0 aliphatic rings. The zero-order chi connectivity index (χ0) is 19.9. The summed E-state index contributed by atoms with van der Waals surface area (Å²) in [5, 5.41) is 19.1. The van der Waals surface area contributed by atoms with Gasteiger partial charge in [0.2, 0.25) is 0 Å². The molecule has 3 heterocycles. The average Bonchev–Trinajstić information content (AvgIpc) is 3.19. The quantitative estimate of drug-likeness (QED) is 0.651. The highest BCUT2D eigenvalue weighted by Crippen LogP contribution is 2.25. The summed E-state index contributed by atoms with van der Waals surface area (Å²) < 4.78 is 14.7. The van der Waals surface area contributed by atoms with Crippen LogP contribution in [0.4, 0.5) is 0 Å². The van der Waals surface area contributed by atoms with Gasteiger partial charge in [-0.05, 0) is 55.4 Å². The molecule has 0 saturated heterocycles. The summed E-state index contributed by atoms with van der Waals surface area (Å²) in [6, 6.07) is 0.243. The van der Waals surface area contributed by atoms with Crippen LogP contribution in [0, 0.1) is 41.5 Å². The van der Waals surface area contributed by atoms with E-state index in [0.29, 0.717) is 11.5 Å². The molecule has 0 radical (unpaired) electrons. The number of hydrogen-bond donors (Lipinski definition) is 2. The molecule has 0 fully saturated rings. The van der Waals surface area contributed by atoms with Gasteiger partial charge in [-0.2, -0.15) is 15.3 Å². The minimum Gasteiger partial charge on any atom is -0.519 e. The number of aryl methyl sites for hydroxylation is 5. The molecule has 9 heteroatoms. The highest BCUT2D eigenvalue weighted by molar-refractivity contribution is 6.63. The number of aromatic amines is 2. The van der Waals surface area contributed by atoms with E-state index in [1.54, 1.807) is 0 Å². The lowest BCUT2D eigenvalue weighted by Crippen LogP contribution is -2.45. The predicted molar refractivity (Wildman–Crippen MR) is 105 cm³/mol. The number of hydrogen-bond acceptors (Lipinski definition) is 5.